The molecule has 0 fully saturated rings. The van der Waals surface area contributed by atoms with E-state index in [2.05, 4.69) is 25.9 Å². The number of carbonyl (C=O) groups excluding carboxylic acids is 1. The lowest BCUT2D eigenvalue weighted by Gasteiger charge is -2.24. The Bertz CT molecular complexity index is 800. The van der Waals surface area contributed by atoms with E-state index in [1.807, 2.05) is 58.9 Å². The number of rotatable bonds is 8. The van der Waals surface area contributed by atoms with Crippen LogP contribution in [0.1, 0.15) is 39.0 Å². The highest BCUT2D eigenvalue weighted by atomic mass is 127. The molecule has 0 atom stereocenters. The van der Waals surface area contributed by atoms with Crippen LogP contribution in [0.15, 0.2) is 39.9 Å². The lowest BCUT2D eigenvalue weighted by Crippen LogP contribution is -2.47. The van der Waals surface area contributed by atoms with Gasteiger partial charge in [-0.1, -0.05) is 17.7 Å². The van der Waals surface area contributed by atoms with Gasteiger partial charge in [-0.2, -0.15) is 0 Å². The number of hydrogen-bond acceptors (Lipinski definition) is 4. The molecule has 29 heavy (non-hydrogen) atoms. The molecule has 3 N–H and O–H groups in total. The quantitative estimate of drug-likeness (QED) is 0.286. The van der Waals surface area contributed by atoms with Gasteiger partial charge in [0.2, 0.25) is 11.8 Å². The van der Waals surface area contributed by atoms with Crippen LogP contribution >= 0.6 is 24.0 Å². The summed E-state index contributed by atoms with van der Waals surface area (Å²) in [5, 5.41) is 9.28. The average Bonchev–Trinajstić information content (AvgIpc) is 3.14. The first-order chi connectivity index (χ1) is 13.4. The van der Waals surface area contributed by atoms with E-state index >= 15 is 0 Å². The average molecular weight is 513 g/mol. The van der Waals surface area contributed by atoms with Crippen LogP contribution in [0.25, 0.3) is 11.5 Å². The topological polar surface area (TPSA) is 91.5 Å². The van der Waals surface area contributed by atoms with E-state index < -0.39 is 5.41 Å². The Hall–Kier alpha value is -2.10. The molecule has 0 aliphatic heterocycles. The van der Waals surface area contributed by atoms with Crippen molar-refractivity contribution in [1.29, 1.82) is 0 Å². The zero-order valence-electron chi connectivity index (χ0n) is 17.8. The van der Waals surface area contributed by atoms with Crippen LogP contribution in [-0.4, -0.2) is 36.5 Å². The number of benzene rings is 1. The Labute approximate surface area is 190 Å². The fourth-order valence-corrected chi connectivity index (χ4v) is 2.49. The number of aromatic nitrogens is 1. The summed E-state index contributed by atoms with van der Waals surface area (Å²) in [6.45, 7) is 12.0. The predicted molar refractivity (Wildman–Crippen MR) is 127 cm³/mol. The van der Waals surface area contributed by atoms with Crippen molar-refractivity contribution in [2.45, 2.75) is 41.2 Å². The first-order valence-electron chi connectivity index (χ1n) is 9.67. The molecular weight excluding hydrogens is 481 g/mol. The largest absolute Gasteiger partial charge is 0.444 e. The van der Waals surface area contributed by atoms with Crippen LogP contribution in [0.3, 0.4) is 0 Å². The maximum absolute atomic E-state index is 12.1. The van der Waals surface area contributed by atoms with Gasteiger partial charge in [-0.15, -0.1) is 24.0 Å². The van der Waals surface area contributed by atoms with E-state index in [1.54, 1.807) is 6.26 Å². The van der Waals surface area contributed by atoms with E-state index in [0.29, 0.717) is 31.5 Å². The summed E-state index contributed by atoms with van der Waals surface area (Å²) < 4.78 is 5.58. The molecule has 160 valence electrons. The van der Waals surface area contributed by atoms with Gasteiger partial charge in [0.15, 0.2) is 5.96 Å². The van der Waals surface area contributed by atoms with Gasteiger partial charge in [0.25, 0.3) is 0 Å². The fraction of sp³-hybridized carbons (Fsp3) is 0.476. The molecule has 1 aromatic heterocycles. The Kier molecular flexibility index (Phi) is 10.1. The van der Waals surface area contributed by atoms with Crippen molar-refractivity contribution in [2.24, 2.45) is 10.4 Å². The molecule has 2 rings (SSSR count). The number of halogens is 1. The Morgan fingerprint density at radius 1 is 1.10 bits per heavy atom. The molecule has 0 aliphatic carbocycles. The number of nitrogens with one attached hydrogen (secondary N) is 3. The van der Waals surface area contributed by atoms with Crippen molar-refractivity contribution in [3.05, 3.63) is 41.8 Å². The smallest absolute Gasteiger partial charge is 0.227 e. The number of aliphatic imine (C=N–C) groups is 1. The third kappa shape index (κ3) is 7.68. The van der Waals surface area contributed by atoms with Crippen molar-refractivity contribution in [3.63, 3.8) is 0 Å². The maximum atomic E-state index is 12.1. The summed E-state index contributed by atoms with van der Waals surface area (Å²) in [5.74, 6) is 1.23. The second kappa shape index (κ2) is 11.8. The lowest BCUT2D eigenvalue weighted by atomic mass is 9.92. The van der Waals surface area contributed by atoms with Gasteiger partial charge >= 0.3 is 0 Å². The maximum Gasteiger partial charge on any atom is 0.227 e. The van der Waals surface area contributed by atoms with Crippen LogP contribution in [0, 0.1) is 12.3 Å². The second-order valence-electron chi connectivity index (χ2n) is 7.30. The van der Waals surface area contributed by atoms with Crippen LogP contribution in [0.2, 0.25) is 0 Å². The number of guanidine groups is 1. The van der Waals surface area contributed by atoms with Crippen molar-refractivity contribution >= 4 is 35.8 Å². The summed E-state index contributed by atoms with van der Waals surface area (Å²) in [7, 11) is 0. The number of nitrogens with zero attached hydrogens (tertiary/aromatic N) is 2. The van der Waals surface area contributed by atoms with Gasteiger partial charge in [-0.05, 0) is 46.8 Å². The van der Waals surface area contributed by atoms with Gasteiger partial charge in [0, 0.05) is 25.2 Å². The molecule has 0 bridgehead atoms. The first-order valence-corrected chi connectivity index (χ1v) is 9.67. The van der Waals surface area contributed by atoms with Gasteiger partial charge < -0.3 is 20.4 Å². The molecule has 0 spiro atoms. The molecule has 8 heteroatoms. The third-order valence-corrected chi connectivity index (χ3v) is 4.24. The fourth-order valence-electron chi connectivity index (χ4n) is 2.49. The van der Waals surface area contributed by atoms with Gasteiger partial charge in [0.05, 0.1) is 12.0 Å². The van der Waals surface area contributed by atoms with E-state index in [1.165, 1.54) is 5.56 Å². The van der Waals surface area contributed by atoms with Crippen LogP contribution in [0.5, 0.6) is 0 Å². The summed E-state index contributed by atoms with van der Waals surface area (Å²) in [6.07, 6.45) is 1.63. The third-order valence-electron chi connectivity index (χ3n) is 4.24. The van der Waals surface area contributed by atoms with Gasteiger partial charge in [0.1, 0.15) is 12.0 Å². The molecule has 0 radical (unpaired) electrons. The molecule has 1 aromatic carbocycles. The molecule has 0 unspecified atom stereocenters. The highest BCUT2D eigenvalue weighted by Crippen LogP contribution is 2.19. The number of oxazole rings is 1. The van der Waals surface area contributed by atoms with Gasteiger partial charge in [-0.25, -0.2) is 9.98 Å². The normalized spacial score (nSPS) is 11.6. The van der Waals surface area contributed by atoms with Crippen molar-refractivity contribution in [1.82, 2.24) is 20.9 Å². The summed E-state index contributed by atoms with van der Waals surface area (Å²) in [5.41, 5.74) is 2.33. The van der Waals surface area contributed by atoms with E-state index in [9.17, 15) is 4.79 Å². The van der Waals surface area contributed by atoms with Crippen molar-refractivity contribution in [3.8, 4) is 11.5 Å². The minimum absolute atomic E-state index is 0. The second-order valence-corrected chi connectivity index (χ2v) is 7.30. The Balaban J connectivity index is 0.00000420. The first kappa shape index (κ1) is 24.9. The number of carbonyl (C=O) groups is 1. The van der Waals surface area contributed by atoms with Crippen LogP contribution in [-0.2, 0) is 11.3 Å². The van der Waals surface area contributed by atoms with Gasteiger partial charge in [-0.3, -0.25) is 4.79 Å². The van der Waals surface area contributed by atoms with Crippen molar-refractivity contribution < 1.29 is 9.21 Å². The van der Waals surface area contributed by atoms with Crippen molar-refractivity contribution in [2.75, 3.05) is 19.6 Å². The number of amides is 1. The number of hydrogen-bond donors (Lipinski definition) is 3. The summed E-state index contributed by atoms with van der Waals surface area (Å²) in [4.78, 5) is 21.2. The molecule has 1 amide bonds. The number of aryl methyl sites for hydroxylation is 1. The van der Waals surface area contributed by atoms with E-state index in [-0.39, 0.29) is 29.9 Å². The summed E-state index contributed by atoms with van der Waals surface area (Å²) >= 11 is 0. The molecule has 0 saturated heterocycles. The minimum Gasteiger partial charge on any atom is -0.444 e. The minimum atomic E-state index is -0.543. The molecule has 1 heterocycles. The highest BCUT2D eigenvalue weighted by Gasteiger charge is 2.27. The molecule has 7 nitrogen and oxygen atoms in total. The zero-order valence-corrected chi connectivity index (χ0v) is 20.2. The Morgan fingerprint density at radius 3 is 2.38 bits per heavy atom. The predicted octanol–water partition coefficient (Wildman–Crippen LogP) is 3.49. The standard InChI is InChI=1S/C21H31N5O2.HI/c1-6-22-19(27)21(4,5)14-25-20(23-7-2)24-12-17-13-28-18(26-17)16-10-8-15(3)9-11-16;/h8-11,13H,6-7,12,14H2,1-5H3,(H,22,27)(H2,23,24,25);1H. The zero-order chi connectivity index (χ0) is 20.6. The molecular formula is C21H32IN5O2. The van der Waals surface area contributed by atoms with E-state index in [4.69, 9.17) is 4.42 Å². The van der Waals surface area contributed by atoms with Crippen LogP contribution in [0.4, 0.5) is 0 Å². The summed E-state index contributed by atoms with van der Waals surface area (Å²) in [6, 6.07) is 8.04. The lowest BCUT2D eigenvalue weighted by molar-refractivity contribution is -0.128. The molecule has 2 aromatic rings. The van der Waals surface area contributed by atoms with E-state index in [0.717, 1.165) is 17.8 Å². The Morgan fingerprint density at radius 2 is 1.76 bits per heavy atom. The molecule has 0 aliphatic rings. The highest BCUT2D eigenvalue weighted by molar-refractivity contribution is 14.0. The molecule has 0 saturated carbocycles. The monoisotopic (exact) mass is 513 g/mol. The SMILES string of the molecule is CCNC(=O)C(C)(C)CNC(=NCc1coc(-c2ccc(C)cc2)n1)NCC.I. The van der Waals surface area contributed by atoms with Crippen LogP contribution < -0.4 is 16.0 Å².